The summed E-state index contributed by atoms with van der Waals surface area (Å²) < 4.78 is 2.44. The van der Waals surface area contributed by atoms with Crippen LogP contribution in [0.1, 0.15) is 24.2 Å². The smallest absolute Gasteiger partial charge is 0.269 e. The molecule has 1 unspecified atom stereocenters. The third kappa shape index (κ3) is 3.16. The van der Waals surface area contributed by atoms with Crippen molar-refractivity contribution in [3.8, 4) is 0 Å². The molecule has 0 spiro atoms. The maximum absolute atomic E-state index is 12.3. The fraction of sp³-hybridized carbons (Fsp3) is 0.286. The van der Waals surface area contributed by atoms with E-state index < -0.39 is 11.0 Å². The molecular weight excluding hydrogens is 352 g/mol. The normalized spacial score (nSPS) is 12.0. The number of aromatic nitrogens is 2. The summed E-state index contributed by atoms with van der Waals surface area (Å²) >= 11 is 3.35. The van der Waals surface area contributed by atoms with Crippen molar-refractivity contribution in [1.29, 1.82) is 0 Å². The van der Waals surface area contributed by atoms with Gasteiger partial charge in [-0.1, -0.05) is 0 Å². The maximum Gasteiger partial charge on any atom is 0.269 e. The van der Waals surface area contributed by atoms with E-state index in [2.05, 4.69) is 26.3 Å². The molecule has 22 heavy (non-hydrogen) atoms. The minimum absolute atomic E-state index is 0.00426. The molecule has 0 radical (unpaired) electrons. The van der Waals surface area contributed by atoms with Gasteiger partial charge in [0, 0.05) is 17.8 Å². The van der Waals surface area contributed by atoms with Crippen LogP contribution in [0.5, 0.6) is 0 Å². The van der Waals surface area contributed by atoms with Crippen LogP contribution in [0, 0.1) is 24.0 Å². The van der Waals surface area contributed by atoms with Crippen molar-refractivity contribution in [2.75, 3.05) is 5.32 Å². The molecule has 1 amide bonds. The van der Waals surface area contributed by atoms with Crippen LogP contribution in [0.2, 0.25) is 0 Å². The first-order valence-electron chi connectivity index (χ1n) is 6.56. The third-order valence-electron chi connectivity index (χ3n) is 3.41. The average molecular weight is 367 g/mol. The number of carbonyl (C=O) groups is 1. The van der Waals surface area contributed by atoms with Crippen molar-refractivity contribution in [2.45, 2.75) is 26.8 Å². The van der Waals surface area contributed by atoms with E-state index in [1.54, 1.807) is 24.7 Å². The van der Waals surface area contributed by atoms with Gasteiger partial charge in [0.05, 0.1) is 21.3 Å². The van der Waals surface area contributed by atoms with Crippen molar-refractivity contribution in [2.24, 2.45) is 0 Å². The van der Waals surface area contributed by atoms with Gasteiger partial charge in [-0.3, -0.25) is 19.6 Å². The van der Waals surface area contributed by atoms with E-state index in [0.717, 1.165) is 10.2 Å². The van der Waals surface area contributed by atoms with Crippen molar-refractivity contribution >= 4 is 33.2 Å². The molecule has 1 atom stereocenters. The monoisotopic (exact) mass is 366 g/mol. The summed E-state index contributed by atoms with van der Waals surface area (Å²) in [5.74, 6) is -0.240. The van der Waals surface area contributed by atoms with E-state index in [1.807, 2.05) is 6.92 Å². The number of hydrogen-bond acceptors (Lipinski definition) is 4. The van der Waals surface area contributed by atoms with Crippen LogP contribution < -0.4 is 5.32 Å². The van der Waals surface area contributed by atoms with Gasteiger partial charge in [0.15, 0.2) is 0 Å². The number of nitro groups is 1. The highest BCUT2D eigenvalue weighted by Crippen LogP contribution is 2.23. The number of halogens is 1. The highest BCUT2D eigenvalue weighted by Gasteiger charge is 2.19. The van der Waals surface area contributed by atoms with Crippen LogP contribution in [-0.2, 0) is 4.79 Å². The van der Waals surface area contributed by atoms with Gasteiger partial charge in [0.2, 0.25) is 5.91 Å². The molecule has 1 aromatic carbocycles. The molecule has 7 nitrogen and oxygen atoms in total. The number of amides is 1. The molecule has 0 fully saturated rings. The molecule has 0 bridgehead atoms. The van der Waals surface area contributed by atoms with Gasteiger partial charge in [-0.05, 0) is 48.3 Å². The highest BCUT2D eigenvalue weighted by molar-refractivity contribution is 9.10. The number of nitrogens with zero attached hydrogens (tertiary/aromatic N) is 3. The number of nitro benzene ring substituents is 1. The Morgan fingerprint density at radius 3 is 2.64 bits per heavy atom. The Labute approximate surface area is 135 Å². The Bertz CT molecular complexity index is 742. The quantitative estimate of drug-likeness (QED) is 0.663. The standard InChI is InChI=1S/C14H15BrN4O3/c1-8-6-11(19(21)22)4-5-13(8)17-14(20)10(3)18-9(2)12(15)7-16-18/h4-7,10H,1-3H3,(H,17,20). The average Bonchev–Trinajstić information content (AvgIpc) is 2.80. The van der Waals surface area contributed by atoms with Gasteiger partial charge >= 0.3 is 0 Å². The highest BCUT2D eigenvalue weighted by atomic mass is 79.9. The second-order valence-corrected chi connectivity index (χ2v) is 5.80. The zero-order valence-electron chi connectivity index (χ0n) is 12.3. The van der Waals surface area contributed by atoms with E-state index >= 15 is 0 Å². The Morgan fingerprint density at radius 2 is 2.14 bits per heavy atom. The number of benzene rings is 1. The van der Waals surface area contributed by atoms with Gasteiger partial charge in [-0.25, -0.2) is 0 Å². The van der Waals surface area contributed by atoms with Crippen LogP contribution >= 0.6 is 15.9 Å². The lowest BCUT2D eigenvalue weighted by Crippen LogP contribution is -2.25. The topological polar surface area (TPSA) is 90.1 Å². The van der Waals surface area contributed by atoms with Crippen molar-refractivity contribution < 1.29 is 9.72 Å². The lowest BCUT2D eigenvalue weighted by Gasteiger charge is -2.15. The molecule has 2 rings (SSSR count). The van der Waals surface area contributed by atoms with Gasteiger partial charge in [0.25, 0.3) is 5.69 Å². The largest absolute Gasteiger partial charge is 0.324 e. The number of carbonyl (C=O) groups excluding carboxylic acids is 1. The number of non-ortho nitro benzene ring substituents is 1. The van der Waals surface area contributed by atoms with Crippen molar-refractivity contribution in [3.05, 3.63) is 50.2 Å². The molecule has 0 saturated heterocycles. The number of anilines is 1. The molecule has 1 heterocycles. The van der Waals surface area contributed by atoms with Gasteiger partial charge in [-0.15, -0.1) is 0 Å². The molecule has 116 valence electrons. The third-order valence-corrected chi connectivity index (χ3v) is 4.19. The van der Waals surface area contributed by atoms with Gasteiger partial charge in [0.1, 0.15) is 6.04 Å². The van der Waals surface area contributed by atoms with E-state index in [0.29, 0.717) is 11.3 Å². The molecule has 0 aliphatic heterocycles. The van der Waals surface area contributed by atoms with E-state index in [9.17, 15) is 14.9 Å². The first-order chi connectivity index (χ1) is 10.3. The Morgan fingerprint density at radius 1 is 1.45 bits per heavy atom. The minimum atomic E-state index is -0.499. The van der Waals surface area contributed by atoms with Crippen molar-refractivity contribution in [1.82, 2.24) is 9.78 Å². The van der Waals surface area contributed by atoms with Gasteiger partial charge < -0.3 is 5.32 Å². The van der Waals surface area contributed by atoms with Crippen LogP contribution in [0.15, 0.2) is 28.9 Å². The summed E-state index contributed by atoms with van der Waals surface area (Å²) in [6.07, 6.45) is 1.64. The van der Waals surface area contributed by atoms with Crippen LogP contribution in [-0.4, -0.2) is 20.6 Å². The van der Waals surface area contributed by atoms with Crippen LogP contribution in [0.25, 0.3) is 0 Å². The summed E-state index contributed by atoms with van der Waals surface area (Å²) in [4.78, 5) is 22.6. The first-order valence-corrected chi connectivity index (χ1v) is 7.36. The minimum Gasteiger partial charge on any atom is -0.324 e. The summed E-state index contributed by atoms with van der Waals surface area (Å²) in [5.41, 5.74) is 2.03. The zero-order chi connectivity index (χ0) is 16.4. The second-order valence-electron chi connectivity index (χ2n) is 4.94. The van der Waals surface area contributed by atoms with Crippen molar-refractivity contribution in [3.63, 3.8) is 0 Å². The lowest BCUT2D eigenvalue weighted by molar-refractivity contribution is -0.384. The molecule has 0 aliphatic carbocycles. The summed E-state index contributed by atoms with van der Waals surface area (Å²) in [5, 5.41) is 17.7. The Hall–Kier alpha value is -2.22. The van der Waals surface area contributed by atoms with E-state index in [-0.39, 0.29) is 11.6 Å². The maximum atomic E-state index is 12.3. The summed E-state index contributed by atoms with van der Waals surface area (Å²) in [6, 6.07) is 3.82. The molecule has 2 aromatic rings. The van der Waals surface area contributed by atoms with E-state index in [4.69, 9.17) is 0 Å². The number of rotatable bonds is 4. The van der Waals surface area contributed by atoms with Gasteiger partial charge in [-0.2, -0.15) is 5.10 Å². The Balaban J connectivity index is 2.18. The number of hydrogen-bond donors (Lipinski definition) is 1. The lowest BCUT2D eigenvalue weighted by atomic mass is 10.1. The molecular formula is C14H15BrN4O3. The molecule has 0 saturated carbocycles. The van der Waals surface area contributed by atoms with Crippen LogP contribution in [0.4, 0.5) is 11.4 Å². The summed E-state index contributed by atoms with van der Waals surface area (Å²) in [6.45, 7) is 5.31. The molecule has 8 heteroatoms. The summed E-state index contributed by atoms with van der Waals surface area (Å²) in [7, 11) is 0. The predicted molar refractivity (Wildman–Crippen MR) is 85.8 cm³/mol. The molecule has 1 aromatic heterocycles. The SMILES string of the molecule is Cc1cc([N+](=O)[O-])ccc1NC(=O)C(C)n1ncc(Br)c1C. The second kappa shape index (κ2) is 6.27. The van der Waals surface area contributed by atoms with E-state index in [1.165, 1.54) is 18.2 Å². The predicted octanol–water partition coefficient (Wildman–Crippen LogP) is 3.37. The fourth-order valence-electron chi connectivity index (χ4n) is 2.04. The number of aryl methyl sites for hydroxylation is 1. The Kier molecular flexibility index (Phi) is 4.60. The first kappa shape index (κ1) is 16.2. The number of nitrogens with one attached hydrogen (secondary N) is 1. The molecule has 1 N–H and O–H groups in total. The fourth-order valence-corrected chi connectivity index (χ4v) is 2.32. The van der Waals surface area contributed by atoms with Crippen LogP contribution in [0.3, 0.4) is 0 Å². The molecule has 0 aliphatic rings. The zero-order valence-corrected chi connectivity index (χ0v) is 13.9.